The molecule has 0 saturated carbocycles. The molecule has 3 heterocycles. The number of nitrogens with zero attached hydrogens (tertiary/aromatic N) is 3. The van der Waals surface area contributed by atoms with Crippen LogP contribution in [0.2, 0.25) is 0 Å². The van der Waals surface area contributed by atoms with Gasteiger partial charge in [0.05, 0.1) is 6.20 Å². The summed E-state index contributed by atoms with van der Waals surface area (Å²) in [4.78, 5) is 12.7. The lowest BCUT2D eigenvalue weighted by molar-refractivity contribution is 0.450. The molecule has 0 atom stereocenters. The van der Waals surface area contributed by atoms with E-state index in [9.17, 15) is 0 Å². The van der Waals surface area contributed by atoms with E-state index < -0.39 is 0 Å². The van der Waals surface area contributed by atoms with Crippen LogP contribution in [0, 0.1) is 6.92 Å². The fourth-order valence-corrected chi connectivity index (χ4v) is 2.12. The summed E-state index contributed by atoms with van der Waals surface area (Å²) in [5.74, 6) is 1.28. The number of nitrogens with one attached hydrogen (secondary N) is 1. The standard InChI is InChI=1S/C18H18N4O/c1-14-6-7-17(13-22-14)23-18-16(5-3-9-21-18)12-20-11-15-4-2-8-19-10-15/h2-10,13,20H,11-12H2,1H3. The minimum absolute atomic E-state index is 0.594. The Bertz CT molecular complexity index is 744. The highest BCUT2D eigenvalue weighted by Crippen LogP contribution is 2.22. The van der Waals surface area contributed by atoms with E-state index in [1.807, 2.05) is 49.5 Å². The van der Waals surface area contributed by atoms with Crippen molar-refractivity contribution in [1.82, 2.24) is 20.3 Å². The second-order valence-corrected chi connectivity index (χ2v) is 5.17. The average molecular weight is 306 g/mol. The molecule has 0 aliphatic carbocycles. The summed E-state index contributed by atoms with van der Waals surface area (Å²) in [5.41, 5.74) is 3.09. The van der Waals surface area contributed by atoms with E-state index in [2.05, 4.69) is 20.3 Å². The van der Waals surface area contributed by atoms with E-state index in [1.54, 1.807) is 18.6 Å². The van der Waals surface area contributed by atoms with Crippen LogP contribution in [0.3, 0.4) is 0 Å². The van der Waals surface area contributed by atoms with E-state index >= 15 is 0 Å². The van der Waals surface area contributed by atoms with E-state index in [0.29, 0.717) is 18.2 Å². The molecular formula is C18H18N4O. The molecule has 23 heavy (non-hydrogen) atoms. The summed E-state index contributed by atoms with van der Waals surface area (Å²) in [7, 11) is 0. The van der Waals surface area contributed by atoms with Gasteiger partial charge in [-0.1, -0.05) is 12.1 Å². The lowest BCUT2D eigenvalue weighted by Crippen LogP contribution is -2.13. The van der Waals surface area contributed by atoms with Gasteiger partial charge in [0.25, 0.3) is 0 Å². The van der Waals surface area contributed by atoms with Crippen LogP contribution in [0.4, 0.5) is 0 Å². The van der Waals surface area contributed by atoms with Gasteiger partial charge in [-0.2, -0.15) is 0 Å². The minimum Gasteiger partial charge on any atom is -0.437 e. The first-order valence-electron chi connectivity index (χ1n) is 7.45. The van der Waals surface area contributed by atoms with Crippen molar-refractivity contribution in [2.24, 2.45) is 0 Å². The van der Waals surface area contributed by atoms with Crippen LogP contribution in [0.15, 0.2) is 61.2 Å². The van der Waals surface area contributed by atoms with Crippen molar-refractivity contribution in [3.63, 3.8) is 0 Å². The van der Waals surface area contributed by atoms with Crippen molar-refractivity contribution in [2.45, 2.75) is 20.0 Å². The monoisotopic (exact) mass is 306 g/mol. The number of hydrogen-bond donors (Lipinski definition) is 1. The molecule has 1 N–H and O–H groups in total. The first kappa shape index (κ1) is 15.1. The Labute approximate surface area is 135 Å². The molecule has 0 aliphatic heterocycles. The van der Waals surface area contributed by atoms with E-state index in [1.165, 1.54) is 0 Å². The van der Waals surface area contributed by atoms with Gasteiger partial charge in [0.2, 0.25) is 5.88 Å². The van der Waals surface area contributed by atoms with Gasteiger partial charge >= 0.3 is 0 Å². The predicted octanol–water partition coefficient (Wildman–Crippen LogP) is 3.26. The van der Waals surface area contributed by atoms with Crippen molar-refractivity contribution >= 4 is 0 Å². The molecule has 0 bridgehead atoms. The maximum atomic E-state index is 5.84. The summed E-state index contributed by atoms with van der Waals surface area (Å²) in [6.07, 6.45) is 7.05. The van der Waals surface area contributed by atoms with Gasteiger partial charge in [-0.25, -0.2) is 4.98 Å². The van der Waals surface area contributed by atoms with Gasteiger partial charge in [0, 0.05) is 42.9 Å². The number of ether oxygens (including phenoxy) is 1. The number of aromatic nitrogens is 3. The Hall–Kier alpha value is -2.79. The molecule has 0 fully saturated rings. The molecular weight excluding hydrogens is 288 g/mol. The zero-order chi connectivity index (χ0) is 15.9. The van der Waals surface area contributed by atoms with E-state index in [-0.39, 0.29) is 0 Å². The SMILES string of the molecule is Cc1ccc(Oc2ncccc2CNCc2cccnc2)cn1. The maximum Gasteiger partial charge on any atom is 0.223 e. The van der Waals surface area contributed by atoms with Gasteiger partial charge in [-0.15, -0.1) is 0 Å². The third kappa shape index (κ3) is 4.34. The Balaban J connectivity index is 1.64. The second kappa shape index (κ2) is 7.47. The van der Waals surface area contributed by atoms with Gasteiger partial charge < -0.3 is 10.1 Å². The summed E-state index contributed by atoms with van der Waals surface area (Å²) in [5, 5.41) is 3.38. The third-order valence-corrected chi connectivity index (χ3v) is 3.32. The molecule has 5 nitrogen and oxygen atoms in total. The lowest BCUT2D eigenvalue weighted by atomic mass is 10.2. The van der Waals surface area contributed by atoms with Crippen molar-refractivity contribution in [2.75, 3.05) is 0 Å². The molecule has 0 unspecified atom stereocenters. The van der Waals surface area contributed by atoms with Crippen molar-refractivity contribution in [3.8, 4) is 11.6 Å². The van der Waals surface area contributed by atoms with E-state index in [0.717, 1.165) is 23.4 Å². The summed E-state index contributed by atoms with van der Waals surface area (Å²) < 4.78 is 5.84. The van der Waals surface area contributed by atoms with Gasteiger partial charge in [-0.3, -0.25) is 9.97 Å². The Morgan fingerprint density at radius 3 is 2.65 bits per heavy atom. The van der Waals surface area contributed by atoms with Crippen LogP contribution in [0.1, 0.15) is 16.8 Å². The smallest absolute Gasteiger partial charge is 0.223 e. The number of aryl methyl sites for hydroxylation is 1. The predicted molar refractivity (Wildman–Crippen MR) is 88.1 cm³/mol. The van der Waals surface area contributed by atoms with Crippen LogP contribution in [0.5, 0.6) is 11.6 Å². The van der Waals surface area contributed by atoms with Crippen LogP contribution in [-0.2, 0) is 13.1 Å². The summed E-state index contributed by atoms with van der Waals surface area (Å²) in [6.45, 7) is 3.35. The highest BCUT2D eigenvalue weighted by molar-refractivity contribution is 5.31. The quantitative estimate of drug-likeness (QED) is 0.757. The Morgan fingerprint density at radius 1 is 0.957 bits per heavy atom. The average Bonchev–Trinajstić information content (AvgIpc) is 2.59. The van der Waals surface area contributed by atoms with Crippen LogP contribution >= 0.6 is 0 Å². The normalized spacial score (nSPS) is 10.5. The maximum absolute atomic E-state index is 5.84. The topological polar surface area (TPSA) is 59.9 Å². The summed E-state index contributed by atoms with van der Waals surface area (Å²) in [6, 6.07) is 11.7. The zero-order valence-corrected chi connectivity index (χ0v) is 12.9. The molecule has 0 amide bonds. The molecule has 3 aromatic rings. The Kier molecular flexibility index (Phi) is 4.91. The number of hydrogen-bond acceptors (Lipinski definition) is 5. The van der Waals surface area contributed by atoms with Gasteiger partial charge in [0.1, 0.15) is 5.75 Å². The first-order valence-corrected chi connectivity index (χ1v) is 7.45. The summed E-state index contributed by atoms with van der Waals surface area (Å²) >= 11 is 0. The minimum atomic E-state index is 0.594. The molecule has 0 radical (unpaired) electrons. The number of rotatable bonds is 6. The molecule has 116 valence electrons. The van der Waals surface area contributed by atoms with Crippen molar-refractivity contribution < 1.29 is 4.74 Å². The van der Waals surface area contributed by atoms with Crippen LogP contribution in [-0.4, -0.2) is 15.0 Å². The van der Waals surface area contributed by atoms with Crippen LogP contribution in [0.25, 0.3) is 0 Å². The van der Waals surface area contributed by atoms with Gasteiger partial charge in [0.15, 0.2) is 0 Å². The molecule has 0 aliphatic rings. The molecule has 0 saturated heterocycles. The molecule has 0 aromatic carbocycles. The largest absolute Gasteiger partial charge is 0.437 e. The van der Waals surface area contributed by atoms with E-state index in [4.69, 9.17) is 4.74 Å². The first-order chi connectivity index (χ1) is 11.3. The lowest BCUT2D eigenvalue weighted by Gasteiger charge is -2.10. The third-order valence-electron chi connectivity index (χ3n) is 3.32. The Morgan fingerprint density at radius 2 is 1.87 bits per heavy atom. The van der Waals surface area contributed by atoms with Crippen molar-refractivity contribution in [3.05, 3.63) is 78.0 Å². The van der Waals surface area contributed by atoms with Crippen molar-refractivity contribution in [1.29, 1.82) is 0 Å². The fourth-order valence-electron chi connectivity index (χ4n) is 2.12. The molecule has 5 heteroatoms. The molecule has 3 rings (SSSR count). The molecule has 0 spiro atoms. The van der Waals surface area contributed by atoms with Crippen LogP contribution < -0.4 is 10.1 Å². The highest BCUT2D eigenvalue weighted by atomic mass is 16.5. The number of pyridine rings is 3. The fraction of sp³-hybridized carbons (Fsp3) is 0.167. The highest BCUT2D eigenvalue weighted by Gasteiger charge is 2.06. The molecule has 3 aromatic heterocycles. The zero-order valence-electron chi connectivity index (χ0n) is 12.9. The van der Waals surface area contributed by atoms with Gasteiger partial charge in [-0.05, 0) is 36.8 Å². The second-order valence-electron chi connectivity index (χ2n) is 5.17.